The molecule has 0 unspecified atom stereocenters. The summed E-state index contributed by atoms with van der Waals surface area (Å²) in [6.07, 6.45) is 5.92. The average molecular weight is 398 g/mol. The Kier molecular flexibility index (Phi) is 4.19. The van der Waals surface area contributed by atoms with Gasteiger partial charge in [-0.2, -0.15) is 0 Å². The molecule has 3 amide bonds. The first-order chi connectivity index (χ1) is 10.1. The predicted octanol–water partition coefficient (Wildman–Crippen LogP) is 3.44. The van der Waals surface area contributed by atoms with Crippen molar-refractivity contribution < 1.29 is 9.59 Å². The van der Waals surface area contributed by atoms with Crippen LogP contribution in [-0.4, -0.2) is 22.4 Å². The maximum absolute atomic E-state index is 12.4. The first kappa shape index (κ1) is 14.8. The van der Waals surface area contributed by atoms with Gasteiger partial charge in [-0.1, -0.05) is 37.8 Å². The van der Waals surface area contributed by atoms with Crippen molar-refractivity contribution in [3.05, 3.63) is 33.4 Å². The van der Waals surface area contributed by atoms with E-state index in [1.165, 1.54) is 3.57 Å². The Labute approximate surface area is 138 Å². The number of benzene rings is 1. The number of carbonyl (C=O) groups is 2. The zero-order chi connectivity index (χ0) is 14.9. The van der Waals surface area contributed by atoms with Crippen molar-refractivity contribution in [1.82, 2.24) is 10.2 Å². The first-order valence-electron chi connectivity index (χ1n) is 7.49. The molecule has 0 bridgehead atoms. The van der Waals surface area contributed by atoms with Gasteiger partial charge in [-0.15, -0.1) is 0 Å². The zero-order valence-electron chi connectivity index (χ0n) is 11.9. The normalized spacial score (nSPS) is 21.5. The zero-order valence-corrected chi connectivity index (χ0v) is 14.1. The molecule has 21 heavy (non-hydrogen) atoms. The lowest BCUT2D eigenvalue weighted by atomic mass is 9.88. The van der Waals surface area contributed by atoms with Crippen LogP contribution >= 0.6 is 22.6 Å². The van der Waals surface area contributed by atoms with E-state index in [0.29, 0.717) is 6.54 Å². The molecule has 1 saturated carbocycles. The van der Waals surface area contributed by atoms with Crippen LogP contribution in [0.1, 0.15) is 44.1 Å². The number of rotatable bonds is 2. The van der Waals surface area contributed by atoms with Crippen molar-refractivity contribution >= 4 is 34.5 Å². The van der Waals surface area contributed by atoms with Crippen LogP contribution in [-0.2, 0) is 11.3 Å². The minimum Gasteiger partial charge on any atom is -0.305 e. The highest BCUT2D eigenvalue weighted by atomic mass is 127. The average Bonchev–Trinajstić information content (AvgIpc) is 2.65. The van der Waals surface area contributed by atoms with E-state index in [2.05, 4.69) is 27.9 Å². The number of hydrogen-bond donors (Lipinski definition) is 1. The van der Waals surface area contributed by atoms with Crippen molar-refractivity contribution in [2.75, 3.05) is 0 Å². The van der Waals surface area contributed by atoms with Crippen molar-refractivity contribution in [2.45, 2.75) is 50.6 Å². The monoisotopic (exact) mass is 398 g/mol. The molecule has 2 fully saturated rings. The largest absolute Gasteiger partial charge is 0.325 e. The molecule has 2 aliphatic rings. The fourth-order valence-corrected chi connectivity index (χ4v) is 3.76. The highest BCUT2D eigenvalue weighted by molar-refractivity contribution is 14.1. The van der Waals surface area contributed by atoms with Gasteiger partial charge in [0.15, 0.2) is 0 Å². The Balaban J connectivity index is 1.88. The third kappa shape index (κ3) is 2.80. The summed E-state index contributed by atoms with van der Waals surface area (Å²) in [6.45, 7) is 0.508. The molecule has 4 nitrogen and oxygen atoms in total. The predicted molar refractivity (Wildman–Crippen MR) is 88.7 cm³/mol. The number of nitrogens with one attached hydrogen (secondary N) is 1. The Bertz CT molecular complexity index is 548. The molecular weight excluding hydrogens is 379 g/mol. The number of hydrogen-bond acceptors (Lipinski definition) is 2. The van der Waals surface area contributed by atoms with Crippen LogP contribution in [0.15, 0.2) is 24.3 Å². The second-order valence-electron chi connectivity index (χ2n) is 5.92. The van der Waals surface area contributed by atoms with Crippen molar-refractivity contribution in [3.63, 3.8) is 0 Å². The minimum absolute atomic E-state index is 0.0973. The number of urea groups is 1. The van der Waals surface area contributed by atoms with Gasteiger partial charge in [0.25, 0.3) is 5.91 Å². The molecule has 1 aromatic carbocycles. The van der Waals surface area contributed by atoms with Crippen LogP contribution in [0.25, 0.3) is 0 Å². The van der Waals surface area contributed by atoms with Crippen molar-refractivity contribution in [2.24, 2.45) is 0 Å². The second kappa shape index (κ2) is 5.94. The number of halogens is 1. The van der Waals surface area contributed by atoms with Gasteiger partial charge < -0.3 is 4.90 Å². The molecule has 1 aliphatic heterocycles. The van der Waals surface area contributed by atoms with E-state index in [9.17, 15) is 9.59 Å². The molecule has 1 spiro atoms. The summed E-state index contributed by atoms with van der Waals surface area (Å²) in [6, 6.07) is 7.89. The van der Waals surface area contributed by atoms with Gasteiger partial charge in [0, 0.05) is 10.1 Å². The van der Waals surface area contributed by atoms with E-state index in [4.69, 9.17) is 0 Å². The van der Waals surface area contributed by atoms with Crippen LogP contribution in [0, 0.1) is 3.57 Å². The van der Waals surface area contributed by atoms with Gasteiger partial charge in [-0.3, -0.25) is 10.1 Å². The number of nitrogens with zero attached hydrogens (tertiary/aromatic N) is 1. The smallest absolute Gasteiger partial charge is 0.305 e. The Morgan fingerprint density at radius 2 is 1.67 bits per heavy atom. The third-order valence-corrected chi connectivity index (χ3v) is 5.31. The van der Waals surface area contributed by atoms with Crippen molar-refractivity contribution in [1.29, 1.82) is 0 Å². The summed E-state index contributed by atoms with van der Waals surface area (Å²) < 4.78 is 1.17. The maximum Gasteiger partial charge on any atom is 0.325 e. The first-order valence-corrected chi connectivity index (χ1v) is 8.57. The number of carbonyl (C=O) groups excluding carboxylic acids is 2. The molecule has 3 rings (SSSR count). The fourth-order valence-electron chi connectivity index (χ4n) is 3.40. The molecule has 5 heteroatoms. The summed E-state index contributed by atoms with van der Waals surface area (Å²) in [7, 11) is 0. The summed E-state index contributed by atoms with van der Waals surface area (Å²) in [4.78, 5) is 26.4. The van der Waals surface area contributed by atoms with Crippen LogP contribution in [0.4, 0.5) is 4.79 Å². The lowest BCUT2D eigenvalue weighted by Crippen LogP contribution is -2.48. The summed E-state index contributed by atoms with van der Waals surface area (Å²) in [5, 5.41) is 2.53. The van der Waals surface area contributed by atoms with E-state index < -0.39 is 5.54 Å². The van der Waals surface area contributed by atoms with Crippen molar-refractivity contribution in [3.8, 4) is 0 Å². The highest BCUT2D eigenvalue weighted by Crippen LogP contribution is 2.37. The van der Waals surface area contributed by atoms with Crippen LogP contribution in [0.3, 0.4) is 0 Å². The molecule has 0 aromatic heterocycles. The lowest BCUT2D eigenvalue weighted by Gasteiger charge is -2.34. The summed E-state index contributed by atoms with van der Waals surface area (Å²) in [5.41, 5.74) is 0.459. The topological polar surface area (TPSA) is 49.4 Å². The molecule has 0 radical (unpaired) electrons. The lowest BCUT2D eigenvalue weighted by molar-refractivity contribution is -0.127. The Morgan fingerprint density at radius 1 is 1.05 bits per heavy atom. The maximum atomic E-state index is 12.4. The summed E-state index contributed by atoms with van der Waals surface area (Å²) in [5.74, 6) is -0.0973. The van der Waals surface area contributed by atoms with E-state index in [-0.39, 0.29) is 11.9 Å². The van der Waals surface area contributed by atoms with Gasteiger partial charge in [0.05, 0.1) is 0 Å². The minimum atomic E-state index is -0.615. The van der Waals surface area contributed by atoms with Crippen LogP contribution in [0.2, 0.25) is 0 Å². The second-order valence-corrected chi connectivity index (χ2v) is 7.16. The molecule has 1 N–H and O–H groups in total. The molecular formula is C16H19IN2O2. The fraction of sp³-hybridized carbons (Fsp3) is 0.500. The van der Waals surface area contributed by atoms with Crippen LogP contribution in [0.5, 0.6) is 0 Å². The van der Waals surface area contributed by atoms with E-state index >= 15 is 0 Å². The van der Waals surface area contributed by atoms with Gasteiger partial charge in [-0.25, -0.2) is 4.79 Å². The SMILES string of the molecule is O=C1NC(=O)C2(CCCCCC2)N1Cc1ccc(I)cc1. The molecule has 112 valence electrons. The molecule has 1 aromatic rings. The number of imide groups is 1. The molecule has 1 heterocycles. The molecule has 0 atom stereocenters. The molecule has 1 aliphatic carbocycles. The highest BCUT2D eigenvalue weighted by Gasteiger charge is 2.52. The molecule has 1 saturated heterocycles. The Morgan fingerprint density at radius 3 is 2.29 bits per heavy atom. The van der Waals surface area contributed by atoms with Gasteiger partial charge in [0.2, 0.25) is 0 Å². The number of amides is 3. The third-order valence-electron chi connectivity index (χ3n) is 4.59. The van der Waals surface area contributed by atoms with Gasteiger partial charge in [-0.05, 0) is 53.1 Å². The quantitative estimate of drug-likeness (QED) is 0.613. The van der Waals surface area contributed by atoms with E-state index in [0.717, 1.165) is 44.1 Å². The van der Waals surface area contributed by atoms with Gasteiger partial charge in [0.1, 0.15) is 5.54 Å². The van der Waals surface area contributed by atoms with Crippen LogP contribution < -0.4 is 5.32 Å². The van der Waals surface area contributed by atoms with E-state index in [1.54, 1.807) is 4.90 Å². The standard InChI is InChI=1S/C16H19IN2O2/c17-13-7-5-12(6-8-13)11-19-15(21)18-14(20)16(19)9-3-1-2-4-10-16/h5-8H,1-4,9-11H2,(H,18,20,21). The Hall–Kier alpha value is -1.11. The van der Waals surface area contributed by atoms with E-state index in [1.807, 2.05) is 24.3 Å². The summed E-state index contributed by atoms with van der Waals surface area (Å²) >= 11 is 2.26. The van der Waals surface area contributed by atoms with Gasteiger partial charge >= 0.3 is 6.03 Å².